The Bertz CT molecular complexity index is 806. The van der Waals surface area contributed by atoms with Gasteiger partial charge in [-0.15, -0.1) is 0 Å². The molecule has 1 aliphatic carbocycles. The minimum absolute atomic E-state index is 0.120. The Morgan fingerprint density at radius 3 is 3.00 bits per heavy atom. The van der Waals surface area contributed by atoms with E-state index < -0.39 is 0 Å². The van der Waals surface area contributed by atoms with Crippen LogP contribution in [0.3, 0.4) is 0 Å². The molecule has 1 atom stereocenters. The van der Waals surface area contributed by atoms with Gasteiger partial charge in [-0.05, 0) is 61.9 Å². The zero-order valence-electron chi connectivity index (χ0n) is 15.3. The maximum Gasteiger partial charge on any atom is 0.253 e. The molecule has 26 heavy (non-hydrogen) atoms. The van der Waals surface area contributed by atoms with Gasteiger partial charge in [0.2, 0.25) is 0 Å². The lowest BCUT2D eigenvalue weighted by atomic mass is 10.0. The Morgan fingerprint density at radius 1 is 1.23 bits per heavy atom. The Hall–Kier alpha value is -2.27. The van der Waals surface area contributed by atoms with Gasteiger partial charge in [0.05, 0.1) is 13.2 Å². The van der Waals surface area contributed by atoms with Crippen molar-refractivity contribution in [3.8, 4) is 0 Å². The quantitative estimate of drug-likeness (QED) is 0.853. The van der Waals surface area contributed by atoms with Crippen molar-refractivity contribution in [2.45, 2.75) is 32.6 Å². The first kappa shape index (κ1) is 17.2. The molecule has 0 radical (unpaired) electrons. The van der Waals surface area contributed by atoms with E-state index in [4.69, 9.17) is 4.74 Å². The van der Waals surface area contributed by atoms with Crippen LogP contribution < -0.4 is 0 Å². The van der Waals surface area contributed by atoms with Crippen LogP contribution in [0, 0.1) is 12.8 Å². The second-order valence-corrected chi connectivity index (χ2v) is 7.38. The normalized spacial score (nSPS) is 19.9. The summed E-state index contributed by atoms with van der Waals surface area (Å²) >= 11 is 0. The highest BCUT2D eigenvalue weighted by molar-refractivity contribution is 5.94. The predicted molar refractivity (Wildman–Crippen MR) is 99.2 cm³/mol. The van der Waals surface area contributed by atoms with Gasteiger partial charge in [0.25, 0.3) is 5.91 Å². The van der Waals surface area contributed by atoms with E-state index in [1.165, 1.54) is 17.5 Å². The maximum atomic E-state index is 13.0. The number of nitrogens with zero attached hydrogens (tertiary/aromatic N) is 3. The van der Waals surface area contributed by atoms with Crippen molar-refractivity contribution in [1.29, 1.82) is 0 Å². The molecular formula is C21H25N3O2. The van der Waals surface area contributed by atoms with E-state index in [1.54, 1.807) is 6.33 Å². The van der Waals surface area contributed by atoms with Crippen molar-refractivity contribution in [3.63, 3.8) is 0 Å². The number of aryl methyl sites for hydroxylation is 3. The number of amides is 1. The van der Waals surface area contributed by atoms with E-state index in [2.05, 4.69) is 22.1 Å². The summed E-state index contributed by atoms with van der Waals surface area (Å²) in [5.74, 6) is 0.374. The fourth-order valence-electron chi connectivity index (χ4n) is 3.99. The third kappa shape index (κ3) is 3.78. The Labute approximate surface area is 154 Å². The van der Waals surface area contributed by atoms with Gasteiger partial charge >= 0.3 is 0 Å². The highest BCUT2D eigenvalue weighted by Crippen LogP contribution is 2.24. The largest absolute Gasteiger partial charge is 0.379 e. The number of fused-ring (bicyclic) bond motifs is 1. The summed E-state index contributed by atoms with van der Waals surface area (Å²) in [6, 6.07) is 8.23. The number of hydrogen-bond acceptors (Lipinski definition) is 4. The first-order chi connectivity index (χ1) is 12.7. The zero-order valence-corrected chi connectivity index (χ0v) is 15.3. The Kier molecular flexibility index (Phi) is 4.98. The van der Waals surface area contributed by atoms with Crippen molar-refractivity contribution in [3.05, 3.63) is 58.7 Å². The highest BCUT2D eigenvalue weighted by Gasteiger charge is 2.25. The molecule has 2 aromatic rings. The van der Waals surface area contributed by atoms with Crippen molar-refractivity contribution >= 4 is 5.91 Å². The second kappa shape index (κ2) is 7.54. The molecular weight excluding hydrogens is 326 g/mol. The topological polar surface area (TPSA) is 55.3 Å². The van der Waals surface area contributed by atoms with Crippen LogP contribution in [-0.2, 0) is 24.0 Å². The molecule has 5 heteroatoms. The minimum Gasteiger partial charge on any atom is -0.379 e. The molecule has 0 unspecified atom stereocenters. The minimum atomic E-state index is 0.120. The van der Waals surface area contributed by atoms with Crippen LogP contribution in [0.1, 0.15) is 39.3 Å². The monoisotopic (exact) mass is 351 g/mol. The average molecular weight is 351 g/mol. The van der Waals surface area contributed by atoms with E-state index >= 15 is 0 Å². The number of rotatable bonds is 3. The number of ether oxygens (including phenoxy) is 1. The van der Waals surface area contributed by atoms with Crippen LogP contribution in [0.25, 0.3) is 0 Å². The number of hydrogen-bond donors (Lipinski definition) is 0. The Balaban J connectivity index is 1.47. The molecule has 1 saturated heterocycles. The van der Waals surface area contributed by atoms with Gasteiger partial charge in [-0.1, -0.05) is 6.07 Å². The van der Waals surface area contributed by atoms with E-state index in [-0.39, 0.29) is 11.8 Å². The van der Waals surface area contributed by atoms with Crippen LogP contribution in [0.4, 0.5) is 0 Å². The summed E-state index contributed by atoms with van der Waals surface area (Å²) in [4.78, 5) is 23.5. The van der Waals surface area contributed by atoms with E-state index in [1.807, 2.05) is 24.0 Å². The number of carbonyl (C=O) groups excluding carboxylic acids is 1. The molecule has 4 rings (SSSR count). The molecule has 0 bridgehead atoms. The van der Waals surface area contributed by atoms with Crippen molar-refractivity contribution < 1.29 is 9.53 Å². The predicted octanol–water partition coefficient (Wildman–Crippen LogP) is 2.61. The third-order valence-corrected chi connectivity index (χ3v) is 5.33. The standard InChI is InChI=1S/C21H25N3O2/c1-15-9-20(23-14-22-15)10-16-12-24(7-8-26-13-16)21(25)19-6-5-17-3-2-4-18(17)11-19/h5-6,9,11,14,16H,2-4,7-8,10,12-13H2,1H3/t16-/m1/s1. The molecule has 5 nitrogen and oxygen atoms in total. The van der Waals surface area contributed by atoms with Crippen LogP contribution in [0.5, 0.6) is 0 Å². The van der Waals surface area contributed by atoms with Crippen LogP contribution in [0.2, 0.25) is 0 Å². The van der Waals surface area contributed by atoms with Gasteiger partial charge < -0.3 is 9.64 Å². The van der Waals surface area contributed by atoms with Crippen molar-refractivity contribution in [2.24, 2.45) is 5.92 Å². The fourth-order valence-corrected chi connectivity index (χ4v) is 3.99. The average Bonchev–Trinajstić information content (AvgIpc) is 2.99. The summed E-state index contributed by atoms with van der Waals surface area (Å²) in [6.07, 6.45) is 5.84. The molecule has 136 valence electrons. The summed E-state index contributed by atoms with van der Waals surface area (Å²) in [7, 11) is 0. The summed E-state index contributed by atoms with van der Waals surface area (Å²) < 4.78 is 5.76. The molecule has 2 aliphatic rings. The van der Waals surface area contributed by atoms with Gasteiger partial charge in [0, 0.05) is 36.0 Å². The molecule has 1 amide bonds. The van der Waals surface area contributed by atoms with Crippen LogP contribution in [-0.4, -0.2) is 47.1 Å². The molecule has 0 saturated carbocycles. The lowest BCUT2D eigenvalue weighted by Crippen LogP contribution is -2.36. The second-order valence-electron chi connectivity index (χ2n) is 7.38. The molecule has 1 aromatic heterocycles. The molecule has 0 spiro atoms. The Morgan fingerprint density at radius 2 is 2.12 bits per heavy atom. The molecule has 1 fully saturated rings. The first-order valence-corrected chi connectivity index (χ1v) is 9.45. The zero-order chi connectivity index (χ0) is 17.9. The smallest absolute Gasteiger partial charge is 0.253 e. The maximum absolute atomic E-state index is 13.0. The van der Waals surface area contributed by atoms with E-state index in [9.17, 15) is 4.79 Å². The molecule has 2 heterocycles. The van der Waals surface area contributed by atoms with Crippen LogP contribution in [0.15, 0.2) is 30.6 Å². The molecule has 1 aliphatic heterocycles. The van der Waals surface area contributed by atoms with Gasteiger partial charge in [-0.2, -0.15) is 0 Å². The molecule has 0 N–H and O–H groups in total. The SMILES string of the molecule is Cc1cc(C[C@H]2COCCN(C(=O)c3ccc4c(c3)CCC4)C2)ncn1. The van der Waals surface area contributed by atoms with Gasteiger partial charge in [-0.25, -0.2) is 9.97 Å². The van der Waals surface area contributed by atoms with Crippen molar-refractivity contribution in [2.75, 3.05) is 26.3 Å². The number of aromatic nitrogens is 2. The highest BCUT2D eigenvalue weighted by atomic mass is 16.5. The number of carbonyl (C=O) groups is 1. The lowest BCUT2D eigenvalue weighted by Gasteiger charge is -2.24. The third-order valence-electron chi connectivity index (χ3n) is 5.33. The number of benzene rings is 1. The lowest BCUT2D eigenvalue weighted by molar-refractivity contribution is 0.0737. The van der Waals surface area contributed by atoms with E-state index in [0.717, 1.165) is 36.2 Å². The summed E-state index contributed by atoms with van der Waals surface area (Å²) in [5, 5.41) is 0. The van der Waals surface area contributed by atoms with Gasteiger partial charge in [-0.3, -0.25) is 4.79 Å². The summed E-state index contributed by atoms with van der Waals surface area (Å²) in [5.41, 5.74) is 5.53. The van der Waals surface area contributed by atoms with E-state index in [0.29, 0.717) is 26.3 Å². The van der Waals surface area contributed by atoms with Crippen LogP contribution >= 0.6 is 0 Å². The molecule has 1 aromatic carbocycles. The first-order valence-electron chi connectivity index (χ1n) is 9.45. The van der Waals surface area contributed by atoms with Crippen molar-refractivity contribution in [1.82, 2.24) is 14.9 Å². The summed E-state index contributed by atoms with van der Waals surface area (Å²) in [6.45, 7) is 4.58. The van der Waals surface area contributed by atoms with Gasteiger partial charge in [0.15, 0.2) is 0 Å². The fraction of sp³-hybridized carbons (Fsp3) is 0.476. The van der Waals surface area contributed by atoms with Gasteiger partial charge in [0.1, 0.15) is 6.33 Å².